The van der Waals surface area contributed by atoms with Crippen molar-refractivity contribution in [2.45, 2.75) is 315 Å². The number of unbranched alkanes of at least 4 members (excludes halogenated alkanes) is 37. The Morgan fingerprint density at radius 2 is 0.795 bits per heavy atom. The average Bonchev–Trinajstić information content (AvgIpc) is 3.35. The van der Waals surface area contributed by atoms with Crippen molar-refractivity contribution >= 4 is 19.7 Å². The van der Waals surface area contributed by atoms with Crippen molar-refractivity contribution in [3.05, 3.63) is 36.5 Å². The maximum Gasteiger partial charge on any atom is 0.472 e. The van der Waals surface area contributed by atoms with Crippen LogP contribution < -0.4 is 5.32 Å². The molecule has 0 fully saturated rings. The Hall–Kier alpha value is -1.77. The first-order valence-electron chi connectivity index (χ1n) is 31.3. The highest BCUT2D eigenvalue weighted by molar-refractivity contribution is 7.47. The molecule has 0 rings (SSSR count). The number of amides is 1. The van der Waals surface area contributed by atoms with Crippen LogP contribution in [-0.2, 0) is 27.9 Å². The molecule has 3 unspecified atom stereocenters. The third kappa shape index (κ3) is 54.8. The summed E-state index contributed by atoms with van der Waals surface area (Å²) in [5.74, 6) is -0.514. The summed E-state index contributed by atoms with van der Waals surface area (Å²) in [6.45, 7) is 7.02. The Labute approximate surface area is 453 Å². The summed E-state index contributed by atoms with van der Waals surface area (Å²) in [5, 5.41) is 3.05. The molecular weight excluding hydrogens is 928 g/mol. The highest BCUT2D eigenvalue weighted by Gasteiger charge is 2.30. The normalized spacial score (nSPS) is 13.9. The van der Waals surface area contributed by atoms with Crippen LogP contribution >= 0.6 is 7.82 Å². The number of nitrogens with one attached hydrogen (secondary N) is 1. The van der Waals surface area contributed by atoms with Crippen molar-refractivity contribution in [3.8, 4) is 0 Å². The van der Waals surface area contributed by atoms with E-state index in [0.29, 0.717) is 23.9 Å². The summed E-state index contributed by atoms with van der Waals surface area (Å²) in [7, 11) is 1.50. The Morgan fingerprint density at radius 3 is 1.18 bits per heavy atom. The van der Waals surface area contributed by atoms with E-state index in [0.717, 1.165) is 70.6 Å². The number of nitrogens with zero attached hydrogens (tertiary/aromatic N) is 1. The molecule has 0 saturated carbocycles. The van der Waals surface area contributed by atoms with Gasteiger partial charge in [-0.05, 0) is 83.1 Å². The topological polar surface area (TPSA) is 111 Å². The summed E-state index contributed by atoms with van der Waals surface area (Å²) in [6, 6.07) is -0.853. The lowest BCUT2D eigenvalue weighted by Gasteiger charge is -2.27. The number of carbonyl (C=O) groups is 2. The fourth-order valence-electron chi connectivity index (χ4n) is 9.17. The zero-order chi connectivity index (χ0) is 53.6. The van der Waals surface area contributed by atoms with Gasteiger partial charge in [-0.25, -0.2) is 4.57 Å². The lowest BCUT2D eigenvalue weighted by atomic mass is 10.0. The van der Waals surface area contributed by atoms with Gasteiger partial charge in [0.1, 0.15) is 19.3 Å². The second-order valence-corrected chi connectivity index (χ2v) is 24.0. The van der Waals surface area contributed by atoms with Crippen LogP contribution in [0.25, 0.3) is 0 Å². The zero-order valence-corrected chi connectivity index (χ0v) is 50.0. The van der Waals surface area contributed by atoms with Crippen molar-refractivity contribution in [1.82, 2.24) is 5.32 Å². The summed E-state index contributed by atoms with van der Waals surface area (Å²) < 4.78 is 30.7. The summed E-state index contributed by atoms with van der Waals surface area (Å²) in [6.07, 6.45) is 64.3. The first-order chi connectivity index (χ1) is 35.4. The number of rotatable bonds is 57. The molecule has 0 aromatic carbocycles. The van der Waals surface area contributed by atoms with Gasteiger partial charge in [-0.2, -0.15) is 0 Å². The molecule has 0 radical (unpaired) electrons. The molecular formula is C63H122N2O7P+. The van der Waals surface area contributed by atoms with Gasteiger partial charge in [-0.1, -0.05) is 244 Å². The van der Waals surface area contributed by atoms with E-state index in [9.17, 15) is 19.0 Å². The molecule has 3 atom stereocenters. The number of esters is 1. The molecule has 430 valence electrons. The minimum atomic E-state index is -4.45. The molecule has 0 heterocycles. The number of hydrogen-bond acceptors (Lipinski definition) is 6. The van der Waals surface area contributed by atoms with E-state index in [1.807, 2.05) is 33.3 Å². The van der Waals surface area contributed by atoms with Gasteiger partial charge in [0.15, 0.2) is 0 Å². The third-order valence-electron chi connectivity index (χ3n) is 14.1. The number of phosphoric ester groups is 1. The van der Waals surface area contributed by atoms with Gasteiger partial charge < -0.3 is 19.4 Å². The molecule has 0 spiro atoms. The Kier molecular flexibility index (Phi) is 52.3. The molecule has 10 heteroatoms. The van der Waals surface area contributed by atoms with Crippen LogP contribution in [0.1, 0.15) is 303 Å². The van der Waals surface area contributed by atoms with Crippen LogP contribution in [0.15, 0.2) is 36.5 Å². The number of allylic oxidation sites excluding steroid dienone is 5. The van der Waals surface area contributed by atoms with Crippen molar-refractivity contribution in [3.63, 3.8) is 0 Å². The van der Waals surface area contributed by atoms with E-state index in [1.165, 1.54) is 199 Å². The molecule has 0 aliphatic heterocycles. The maximum atomic E-state index is 13.5. The molecule has 0 aromatic heterocycles. The molecule has 0 bridgehead atoms. The van der Waals surface area contributed by atoms with Crippen LogP contribution in [0, 0.1) is 0 Å². The van der Waals surface area contributed by atoms with Gasteiger partial charge in [-0.3, -0.25) is 18.6 Å². The van der Waals surface area contributed by atoms with E-state index in [2.05, 4.69) is 50.4 Å². The van der Waals surface area contributed by atoms with E-state index >= 15 is 0 Å². The number of quaternary nitrogens is 1. The van der Waals surface area contributed by atoms with E-state index in [1.54, 1.807) is 0 Å². The van der Waals surface area contributed by atoms with Crippen molar-refractivity contribution in [2.24, 2.45) is 0 Å². The van der Waals surface area contributed by atoms with Crippen LogP contribution in [0.2, 0.25) is 0 Å². The van der Waals surface area contributed by atoms with Crippen LogP contribution in [-0.4, -0.2) is 74.3 Å². The third-order valence-corrected chi connectivity index (χ3v) is 15.0. The van der Waals surface area contributed by atoms with E-state index < -0.39 is 20.0 Å². The lowest BCUT2D eigenvalue weighted by Crippen LogP contribution is -2.47. The monoisotopic (exact) mass is 1050 g/mol. The van der Waals surface area contributed by atoms with Gasteiger partial charge in [0.2, 0.25) is 5.91 Å². The fourth-order valence-corrected chi connectivity index (χ4v) is 9.90. The zero-order valence-electron chi connectivity index (χ0n) is 49.1. The lowest BCUT2D eigenvalue weighted by molar-refractivity contribution is -0.870. The highest BCUT2D eigenvalue weighted by atomic mass is 31.2. The largest absolute Gasteiger partial charge is 0.472 e. The van der Waals surface area contributed by atoms with Crippen molar-refractivity contribution in [2.75, 3.05) is 40.9 Å². The molecule has 0 aromatic rings. The standard InChI is InChI=1S/C63H121N2O7P/c1-7-10-13-16-19-22-25-28-30-31-32-33-34-35-36-38-41-44-47-50-53-56-63(67)72-61(54-51-48-45-42-39-27-24-21-18-15-12-9-3)60(59-71-73(68,69)70-58-57-65(4,5)6)64-62(66)55-52-49-46-43-40-37-29-26-23-20-17-14-11-8-2/h28,30,37,40,51,54,60-61H,7-27,29,31-36,38-39,41-50,52-53,55-59H2,1-6H3,(H-,64,66,68,69)/p+1/b30-28+,40-37-,54-51-. The molecule has 0 aliphatic carbocycles. The highest BCUT2D eigenvalue weighted by Crippen LogP contribution is 2.43. The Morgan fingerprint density at radius 1 is 0.466 bits per heavy atom. The molecule has 9 nitrogen and oxygen atoms in total. The second-order valence-electron chi connectivity index (χ2n) is 22.6. The number of hydrogen-bond donors (Lipinski definition) is 2. The number of carbonyl (C=O) groups excluding carboxylic acids is 2. The summed E-state index contributed by atoms with van der Waals surface area (Å²) >= 11 is 0. The van der Waals surface area contributed by atoms with Gasteiger partial charge in [0, 0.05) is 12.8 Å². The minimum Gasteiger partial charge on any atom is -0.456 e. The van der Waals surface area contributed by atoms with Crippen LogP contribution in [0.4, 0.5) is 0 Å². The minimum absolute atomic E-state index is 0.0392. The molecule has 2 N–H and O–H groups in total. The smallest absolute Gasteiger partial charge is 0.456 e. The quantitative estimate of drug-likeness (QED) is 0.0205. The van der Waals surface area contributed by atoms with Crippen LogP contribution in [0.3, 0.4) is 0 Å². The molecule has 0 aliphatic rings. The first kappa shape index (κ1) is 71.2. The van der Waals surface area contributed by atoms with Crippen LogP contribution in [0.5, 0.6) is 0 Å². The number of likely N-dealkylation sites (N-methyl/N-ethyl adjacent to an activating group) is 1. The number of ether oxygens (including phenoxy) is 1. The average molecular weight is 1050 g/mol. The first-order valence-corrected chi connectivity index (χ1v) is 32.8. The van der Waals surface area contributed by atoms with Crippen molar-refractivity contribution in [1.29, 1.82) is 0 Å². The van der Waals surface area contributed by atoms with Gasteiger partial charge in [0.25, 0.3) is 0 Å². The molecule has 1 amide bonds. The second kappa shape index (κ2) is 53.6. The number of phosphoric acid groups is 1. The predicted octanol–water partition coefficient (Wildman–Crippen LogP) is 19.1. The van der Waals surface area contributed by atoms with E-state index in [4.69, 9.17) is 13.8 Å². The molecule has 0 saturated heterocycles. The Balaban J connectivity index is 5.21. The van der Waals surface area contributed by atoms with Crippen molar-refractivity contribution < 1.29 is 37.3 Å². The summed E-state index contributed by atoms with van der Waals surface area (Å²) in [5.41, 5.74) is 0. The van der Waals surface area contributed by atoms with Gasteiger partial charge in [0.05, 0.1) is 33.8 Å². The van der Waals surface area contributed by atoms with Gasteiger partial charge in [-0.15, -0.1) is 0 Å². The van der Waals surface area contributed by atoms with E-state index in [-0.39, 0.29) is 25.1 Å². The van der Waals surface area contributed by atoms with Gasteiger partial charge >= 0.3 is 13.8 Å². The Bertz CT molecular complexity index is 1350. The summed E-state index contributed by atoms with van der Waals surface area (Å²) in [4.78, 5) is 37.7. The fraction of sp³-hybridized carbons (Fsp3) is 0.873. The maximum absolute atomic E-state index is 13.5. The molecule has 73 heavy (non-hydrogen) atoms. The predicted molar refractivity (Wildman–Crippen MR) is 314 cm³/mol. The SMILES string of the molecule is CCCCCCCC/C=C/CCCCCCCCCCCCCC(=O)OC(/C=C\CCCCCCCCCCCC)C(COP(=O)(O)OCC[N+](C)(C)C)NC(=O)CCCCC/C=C\CCCCCCCCC.